The normalized spacial score (nSPS) is 11.7. The van der Waals surface area contributed by atoms with Gasteiger partial charge in [-0.05, 0) is 48.2 Å². The maximum absolute atomic E-state index is 13.6. The van der Waals surface area contributed by atoms with Gasteiger partial charge >= 0.3 is 0 Å². The number of amides is 2. The number of likely N-dealkylation sites (N-methyl/N-ethyl adjacent to an activating group) is 1. The highest BCUT2D eigenvalue weighted by Gasteiger charge is 2.30. The van der Waals surface area contributed by atoms with Gasteiger partial charge < -0.3 is 10.2 Å². The summed E-state index contributed by atoms with van der Waals surface area (Å²) in [5.41, 5.74) is 4.21. The Labute approximate surface area is 222 Å². The largest absolute Gasteiger partial charge is 0.355 e. The second kappa shape index (κ2) is 13.6. The Kier molecular flexibility index (Phi) is 10.5. The van der Waals surface area contributed by atoms with Gasteiger partial charge in [0, 0.05) is 25.3 Å². The number of hydrogen-bond acceptors (Lipinski definition) is 3. The molecule has 184 valence electrons. The highest BCUT2D eigenvalue weighted by molar-refractivity contribution is 7.99. The second-order valence-corrected chi connectivity index (χ2v) is 10.1. The van der Waals surface area contributed by atoms with E-state index in [-0.39, 0.29) is 24.1 Å². The fourth-order valence-corrected chi connectivity index (χ4v) is 5.09. The van der Waals surface area contributed by atoms with E-state index in [0.717, 1.165) is 16.9 Å². The van der Waals surface area contributed by atoms with Gasteiger partial charge in [-0.25, -0.2) is 0 Å². The molecule has 3 rings (SSSR count). The van der Waals surface area contributed by atoms with E-state index < -0.39 is 6.04 Å². The molecule has 0 heterocycles. The molecule has 0 spiro atoms. The van der Waals surface area contributed by atoms with Crippen molar-refractivity contribution >= 4 is 46.8 Å². The van der Waals surface area contributed by atoms with E-state index >= 15 is 0 Å². The molecule has 3 aromatic carbocycles. The zero-order valence-electron chi connectivity index (χ0n) is 20.0. The van der Waals surface area contributed by atoms with E-state index in [2.05, 4.69) is 24.4 Å². The molecule has 0 radical (unpaired) electrons. The molecule has 0 fully saturated rings. The van der Waals surface area contributed by atoms with Crippen LogP contribution in [0.1, 0.15) is 29.2 Å². The third-order valence-electron chi connectivity index (χ3n) is 5.70. The van der Waals surface area contributed by atoms with E-state index in [1.807, 2.05) is 55.5 Å². The van der Waals surface area contributed by atoms with Gasteiger partial charge in [0.25, 0.3) is 0 Å². The molecule has 0 aliphatic heterocycles. The molecule has 0 aliphatic carbocycles. The Balaban J connectivity index is 1.85. The van der Waals surface area contributed by atoms with Crippen LogP contribution in [0.2, 0.25) is 10.0 Å². The lowest BCUT2D eigenvalue weighted by molar-refractivity contribution is -0.139. The molecule has 0 saturated carbocycles. The van der Waals surface area contributed by atoms with E-state index in [1.165, 1.54) is 11.1 Å². The number of aryl methyl sites for hydroxylation is 1. The predicted octanol–water partition coefficient (Wildman–Crippen LogP) is 6.31. The average molecular weight is 530 g/mol. The van der Waals surface area contributed by atoms with Crippen LogP contribution in [0.4, 0.5) is 0 Å². The van der Waals surface area contributed by atoms with E-state index in [9.17, 15) is 9.59 Å². The van der Waals surface area contributed by atoms with Gasteiger partial charge in [0.1, 0.15) is 6.04 Å². The summed E-state index contributed by atoms with van der Waals surface area (Å²) in [6.07, 6.45) is 0.419. The number of nitrogens with zero attached hydrogens (tertiary/aromatic N) is 1. The molecule has 0 aliphatic rings. The number of carbonyl (C=O) groups excluding carboxylic acids is 2. The van der Waals surface area contributed by atoms with Crippen LogP contribution in [0, 0.1) is 6.92 Å². The van der Waals surface area contributed by atoms with Crippen LogP contribution < -0.4 is 5.32 Å². The Morgan fingerprint density at radius 3 is 2.34 bits per heavy atom. The van der Waals surface area contributed by atoms with Gasteiger partial charge in [-0.2, -0.15) is 0 Å². The van der Waals surface area contributed by atoms with Crippen molar-refractivity contribution in [3.63, 3.8) is 0 Å². The van der Waals surface area contributed by atoms with Crippen LogP contribution in [0.5, 0.6) is 0 Å². The van der Waals surface area contributed by atoms with Crippen LogP contribution in [-0.4, -0.2) is 35.1 Å². The number of thioether (sulfide) groups is 1. The zero-order chi connectivity index (χ0) is 25.2. The number of hydrogen-bond donors (Lipinski definition) is 1. The first-order valence-electron chi connectivity index (χ1n) is 11.6. The molecule has 0 saturated heterocycles. The van der Waals surface area contributed by atoms with Crippen molar-refractivity contribution < 1.29 is 9.59 Å². The van der Waals surface area contributed by atoms with Crippen molar-refractivity contribution in [3.05, 3.63) is 105 Å². The first kappa shape index (κ1) is 27.1. The van der Waals surface area contributed by atoms with Crippen molar-refractivity contribution in [1.82, 2.24) is 10.2 Å². The van der Waals surface area contributed by atoms with Crippen molar-refractivity contribution in [3.8, 4) is 0 Å². The monoisotopic (exact) mass is 528 g/mol. The summed E-state index contributed by atoms with van der Waals surface area (Å²) in [6.45, 7) is 4.69. The smallest absolute Gasteiger partial charge is 0.243 e. The maximum atomic E-state index is 13.6. The summed E-state index contributed by atoms with van der Waals surface area (Å²) in [5.74, 6) is 0.722. The van der Waals surface area contributed by atoms with E-state index in [0.29, 0.717) is 23.0 Å². The molecule has 1 atom stereocenters. The third-order valence-corrected chi connectivity index (χ3v) is 7.41. The first-order valence-corrected chi connectivity index (χ1v) is 13.5. The zero-order valence-corrected chi connectivity index (χ0v) is 22.3. The van der Waals surface area contributed by atoms with E-state index in [4.69, 9.17) is 23.2 Å². The van der Waals surface area contributed by atoms with Gasteiger partial charge in [-0.3, -0.25) is 9.59 Å². The summed E-state index contributed by atoms with van der Waals surface area (Å²) in [6, 6.07) is 22.6. The molecule has 2 amide bonds. The topological polar surface area (TPSA) is 49.4 Å². The van der Waals surface area contributed by atoms with Crippen LogP contribution in [0.3, 0.4) is 0 Å². The number of halogens is 2. The highest BCUT2D eigenvalue weighted by atomic mass is 35.5. The van der Waals surface area contributed by atoms with Crippen molar-refractivity contribution in [2.24, 2.45) is 0 Å². The molecule has 4 nitrogen and oxygen atoms in total. The predicted molar refractivity (Wildman–Crippen MR) is 147 cm³/mol. The Hall–Kier alpha value is -2.47. The Bertz CT molecular complexity index is 1140. The van der Waals surface area contributed by atoms with Gasteiger partial charge in [-0.15, -0.1) is 11.8 Å². The number of rotatable bonds is 11. The fourth-order valence-electron chi connectivity index (χ4n) is 3.78. The van der Waals surface area contributed by atoms with Gasteiger partial charge in [0.15, 0.2) is 0 Å². The third kappa shape index (κ3) is 8.03. The maximum Gasteiger partial charge on any atom is 0.243 e. The van der Waals surface area contributed by atoms with E-state index in [1.54, 1.807) is 28.8 Å². The summed E-state index contributed by atoms with van der Waals surface area (Å²) in [5, 5.41) is 3.78. The lowest BCUT2D eigenvalue weighted by atomic mass is 10.0. The standard InChI is InChI=1S/C28H30Cl2N2O2S/c1-3-31-28(34)26(16-21-10-5-4-6-11-21)32(17-22-13-14-24(29)25(30)15-22)27(33)19-35-18-23-12-8-7-9-20(23)2/h4-15,26H,3,16-19H2,1-2H3,(H,31,34)/t26-/m1/s1. The van der Waals surface area contributed by atoms with Gasteiger partial charge in [-0.1, -0.05) is 83.9 Å². The summed E-state index contributed by atoms with van der Waals surface area (Å²) in [4.78, 5) is 28.4. The van der Waals surface area contributed by atoms with Gasteiger partial charge in [0.05, 0.1) is 15.8 Å². The lowest BCUT2D eigenvalue weighted by Gasteiger charge is -2.31. The molecule has 0 unspecified atom stereocenters. The first-order chi connectivity index (χ1) is 16.9. The van der Waals surface area contributed by atoms with Crippen molar-refractivity contribution in [2.45, 2.75) is 38.6 Å². The number of nitrogens with one attached hydrogen (secondary N) is 1. The minimum absolute atomic E-state index is 0.0955. The summed E-state index contributed by atoms with van der Waals surface area (Å²) < 4.78 is 0. The van der Waals surface area contributed by atoms with Gasteiger partial charge in [0.2, 0.25) is 11.8 Å². The Morgan fingerprint density at radius 2 is 1.66 bits per heavy atom. The molecule has 1 N–H and O–H groups in total. The molecular formula is C28H30Cl2N2O2S. The summed E-state index contributed by atoms with van der Waals surface area (Å²) in [7, 11) is 0. The molecular weight excluding hydrogens is 499 g/mol. The minimum Gasteiger partial charge on any atom is -0.355 e. The molecule has 0 aromatic heterocycles. The van der Waals surface area contributed by atoms with Crippen LogP contribution in [-0.2, 0) is 28.3 Å². The fraction of sp³-hybridized carbons (Fsp3) is 0.286. The Morgan fingerprint density at radius 1 is 0.943 bits per heavy atom. The molecule has 3 aromatic rings. The second-order valence-electron chi connectivity index (χ2n) is 8.29. The molecule has 0 bridgehead atoms. The van der Waals surface area contributed by atoms with Crippen molar-refractivity contribution in [1.29, 1.82) is 0 Å². The highest BCUT2D eigenvalue weighted by Crippen LogP contribution is 2.25. The lowest BCUT2D eigenvalue weighted by Crippen LogP contribution is -2.51. The number of benzene rings is 3. The summed E-state index contributed by atoms with van der Waals surface area (Å²) >= 11 is 13.9. The number of carbonyl (C=O) groups is 2. The molecule has 7 heteroatoms. The van der Waals surface area contributed by atoms with Crippen LogP contribution >= 0.6 is 35.0 Å². The SMILES string of the molecule is CCNC(=O)[C@@H](Cc1ccccc1)N(Cc1ccc(Cl)c(Cl)c1)C(=O)CSCc1ccccc1C. The quantitative estimate of drug-likeness (QED) is 0.317. The van der Waals surface area contributed by atoms with Crippen molar-refractivity contribution in [2.75, 3.05) is 12.3 Å². The van der Waals surface area contributed by atoms with Crippen LogP contribution in [0.15, 0.2) is 72.8 Å². The molecule has 35 heavy (non-hydrogen) atoms. The average Bonchev–Trinajstić information content (AvgIpc) is 2.85. The van der Waals surface area contributed by atoms with Crippen LogP contribution in [0.25, 0.3) is 0 Å². The minimum atomic E-state index is -0.654.